The van der Waals surface area contributed by atoms with Gasteiger partial charge in [0.05, 0.1) is 7.11 Å². The highest BCUT2D eigenvalue weighted by Crippen LogP contribution is 2.16. The average molecular weight is 339 g/mol. The van der Waals surface area contributed by atoms with E-state index in [2.05, 4.69) is 15.8 Å². The molecule has 0 fully saturated rings. The number of nitrogens with one attached hydrogen (secondary N) is 2. The molecule has 2 rings (SSSR count). The van der Waals surface area contributed by atoms with E-state index in [4.69, 9.17) is 4.74 Å². The first-order valence-electron chi connectivity index (χ1n) is 7.91. The number of methoxy groups -OCH3 is 1. The van der Waals surface area contributed by atoms with Crippen LogP contribution < -0.4 is 15.5 Å². The Morgan fingerprint density at radius 3 is 2.52 bits per heavy atom. The minimum Gasteiger partial charge on any atom is -0.497 e. The molecule has 0 aromatic heterocycles. The zero-order valence-electron chi connectivity index (χ0n) is 14.3. The molecule has 0 aliphatic carbocycles. The van der Waals surface area contributed by atoms with Crippen molar-refractivity contribution in [1.29, 1.82) is 0 Å². The number of ether oxygens (including phenoxy) is 1. The van der Waals surface area contributed by atoms with Gasteiger partial charge in [0, 0.05) is 17.5 Å². The fourth-order valence-corrected chi connectivity index (χ4v) is 2.11. The van der Waals surface area contributed by atoms with Crippen LogP contribution in [0.15, 0.2) is 59.7 Å². The first kappa shape index (κ1) is 18.2. The fourth-order valence-electron chi connectivity index (χ4n) is 2.11. The van der Waals surface area contributed by atoms with Crippen molar-refractivity contribution in [3.63, 3.8) is 0 Å². The summed E-state index contributed by atoms with van der Waals surface area (Å²) in [5.41, 5.74) is 4.68. The van der Waals surface area contributed by atoms with Crippen molar-refractivity contribution in [3.05, 3.63) is 60.2 Å². The van der Waals surface area contributed by atoms with Crippen LogP contribution in [-0.4, -0.2) is 24.6 Å². The standard InChI is InChI=1S/C19H21N3O3/c1-14(11-12-15-7-4-3-5-8-15)21-22-19(24)18(23)20-16-9-6-10-17(13-16)25-2/h3-10,13H,11-12H2,1-2H3,(H,20,23)(H,22,24)/b21-14+. The number of carbonyl (C=O) groups is 2. The van der Waals surface area contributed by atoms with Gasteiger partial charge in [-0.3, -0.25) is 9.59 Å². The lowest BCUT2D eigenvalue weighted by Crippen LogP contribution is -2.32. The van der Waals surface area contributed by atoms with E-state index in [0.717, 1.165) is 12.1 Å². The first-order chi connectivity index (χ1) is 12.1. The molecule has 130 valence electrons. The number of hydrogen-bond donors (Lipinski definition) is 2. The van der Waals surface area contributed by atoms with Gasteiger partial charge >= 0.3 is 11.8 Å². The minimum atomic E-state index is -0.818. The second-order valence-electron chi connectivity index (χ2n) is 5.46. The van der Waals surface area contributed by atoms with E-state index in [0.29, 0.717) is 17.9 Å². The van der Waals surface area contributed by atoms with Crippen LogP contribution in [0.4, 0.5) is 5.69 Å². The number of amides is 2. The van der Waals surface area contributed by atoms with E-state index in [1.165, 1.54) is 12.7 Å². The van der Waals surface area contributed by atoms with Gasteiger partial charge in [0.2, 0.25) is 0 Å². The van der Waals surface area contributed by atoms with E-state index < -0.39 is 11.8 Å². The van der Waals surface area contributed by atoms with Crippen LogP contribution in [0.2, 0.25) is 0 Å². The van der Waals surface area contributed by atoms with Crippen LogP contribution in [0.1, 0.15) is 18.9 Å². The van der Waals surface area contributed by atoms with Gasteiger partial charge in [-0.25, -0.2) is 5.43 Å². The van der Waals surface area contributed by atoms with Gasteiger partial charge in [-0.2, -0.15) is 5.10 Å². The van der Waals surface area contributed by atoms with Crippen LogP contribution in [0.3, 0.4) is 0 Å². The van der Waals surface area contributed by atoms with Crippen LogP contribution >= 0.6 is 0 Å². The third-order valence-electron chi connectivity index (χ3n) is 3.50. The summed E-state index contributed by atoms with van der Waals surface area (Å²) in [5, 5.41) is 6.46. The predicted octanol–water partition coefficient (Wildman–Crippen LogP) is 2.76. The highest BCUT2D eigenvalue weighted by Gasteiger charge is 2.13. The molecule has 0 unspecified atom stereocenters. The predicted molar refractivity (Wildman–Crippen MR) is 97.6 cm³/mol. The molecule has 2 aromatic carbocycles. The van der Waals surface area contributed by atoms with Gasteiger partial charge in [0.25, 0.3) is 0 Å². The topological polar surface area (TPSA) is 79.8 Å². The zero-order valence-corrected chi connectivity index (χ0v) is 14.3. The SMILES string of the molecule is COc1cccc(NC(=O)C(=O)N/N=C(\C)CCc2ccccc2)c1. The van der Waals surface area contributed by atoms with E-state index in [-0.39, 0.29) is 0 Å². The summed E-state index contributed by atoms with van der Waals surface area (Å²) < 4.78 is 5.07. The number of carbonyl (C=O) groups excluding carboxylic acids is 2. The summed E-state index contributed by atoms with van der Waals surface area (Å²) in [4.78, 5) is 23.7. The van der Waals surface area contributed by atoms with Gasteiger partial charge in [0.1, 0.15) is 5.75 Å². The molecule has 0 aliphatic heterocycles. The number of hydrogen-bond acceptors (Lipinski definition) is 4. The number of nitrogens with zero attached hydrogens (tertiary/aromatic N) is 1. The largest absolute Gasteiger partial charge is 0.497 e. The number of rotatable bonds is 6. The van der Waals surface area contributed by atoms with Crippen molar-refractivity contribution in [3.8, 4) is 5.75 Å². The van der Waals surface area contributed by atoms with Crippen LogP contribution in [0.5, 0.6) is 5.75 Å². The molecule has 0 aliphatic rings. The summed E-state index contributed by atoms with van der Waals surface area (Å²) >= 11 is 0. The molecule has 0 bridgehead atoms. The molecular formula is C19H21N3O3. The number of aryl methyl sites for hydroxylation is 1. The van der Waals surface area contributed by atoms with E-state index in [1.54, 1.807) is 24.3 Å². The maximum absolute atomic E-state index is 11.9. The molecule has 0 heterocycles. The van der Waals surface area contributed by atoms with E-state index in [1.807, 2.05) is 37.3 Å². The maximum atomic E-state index is 11.9. The molecule has 2 aromatic rings. The van der Waals surface area contributed by atoms with Gasteiger partial charge in [-0.1, -0.05) is 36.4 Å². The molecule has 0 spiro atoms. The molecular weight excluding hydrogens is 318 g/mol. The summed E-state index contributed by atoms with van der Waals surface area (Å²) in [6, 6.07) is 16.8. The van der Waals surface area contributed by atoms with E-state index in [9.17, 15) is 9.59 Å². The highest BCUT2D eigenvalue weighted by molar-refractivity contribution is 6.39. The molecule has 25 heavy (non-hydrogen) atoms. The minimum absolute atomic E-state index is 0.476. The molecule has 0 radical (unpaired) electrons. The molecule has 0 atom stereocenters. The Bertz CT molecular complexity index is 758. The van der Waals surface area contributed by atoms with Crippen molar-refractivity contribution >= 4 is 23.2 Å². The molecule has 0 saturated heterocycles. The third kappa shape index (κ3) is 6.10. The summed E-state index contributed by atoms with van der Waals surface area (Å²) in [5.74, 6) is -1.01. The quantitative estimate of drug-likeness (QED) is 0.482. The zero-order chi connectivity index (χ0) is 18.1. The lowest BCUT2D eigenvalue weighted by atomic mass is 10.1. The van der Waals surface area contributed by atoms with Crippen LogP contribution in [0.25, 0.3) is 0 Å². The number of anilines is 1. The van der Waals surface area contributed by atoms with Crippen LogP contribution in [0, 0.1) is 0 Å². The Morgan fingerprint density at radius 1 is 1.04 bits per heavy atom. The number of hydrazone groups is 1. The average Bonchev–Trinajstić information content (AvgIpc) is 2.65. The normalized spacial score (nSPS) is 10.9. The first-order valence-corrected chi connectivity index (χ1v) is 7.91. The number of benzene rings is 2. The lowest BCUT2D eigenvalue weighted by Gasteiger charge is -2.06. The summed E-state index contributed by atoms with van der Waals surface area (Å²) in [7, 11) is 1.53. The van der Waals surface area contributed by atoms with Crippen molar-refractivity contribution in [2.75, 3.05) is 12.4 Å². The van der Waals surface area contributed by atoms with Gasteiger partial charge < -0.3 is 10.1 Å². The summed E-state index contributed by atoms with van der Waals surface area (Å²) in [6.45, 7) is 1.81. The van der Waals surface area contributed by atoms with Gasteiger partial charge in [0.15, 0.2) is 0 Å². The lowest BCUT2D eigenvalue weighted by molar-refractivity contribution is -0.136. The monoisotopic (exact) mass is 339 g/mol. The Morgan fingerprint density at radius 2 is 1.80 bits per heavy atom. The second kappa shape index (κ2) is 9.22. The molecule has 2 amide bonds. The maximum Gasteiger partial charge on any atom is 0.329 e. The van der Waals surface area contributed by atoms with Crippen molar-refractivity contribution in [2.45, 2.75) is 19.8 Å². The second-order valence-corrected chi connectivity index (χ2v) is 5.46. The highest BCUT2D eigenvalue weighted by atomic mass is 16.5. The Balaban J connectivity index is 1.82. The molecule has 6 heteroatoms. The molecule has 2 N–H and O–H groups in total. The van der Waals surface area contributed by atoms with E-state index >= 15 is 0 Å². The third-order valence-corrected chi connectivity index (χ3v) is 3.50. The van der Waals surface area contributed by atoms with Crippen molar-refractivity contribution < 1.29 is 14.3 Å². The Kier molecular flexibility index (Phi) is 6.71. The Labute approximate surface area is 146 Å². The van der Waals surface area contributed by atoms with Gasteiger partial charge in [-0.15, -0.1) is 0 Å². The Hall–Kier alpha value is -3.15. The summed E-state index contributed by atoms with van der Waals surface area (Å²) in [6.07, 6.45) is 1.52. The smallest absolute Gasteiger partial charge is 0.329 e. The van der Waals surface area contributed by atoms with Crippen molar-refractivity contribution in [1.82, 2.24) is 5.43 Å². The van der Waals surface area contributed by atoms with Gasteiger partial charge in [-0.05, 0) is 37.5 Å². The van der Waals surface area contributed by atoms with Crippen molar-refractivity contribution in [2.24, 2.45) is 5.10 Å². The molecule has 6 nitrogen and oxygen atoms in total. The van der Waals surface area contributed by atoms with Crippen LogP contribution in [-0.2, 0) is 16.0 Å². The fraction of sp³-hybridized carbons (Fsp3) is 0.211. The molecule has 0 saturated carbocycles.